The number of non-ortho nitro benzene ring substituents is 1. The second-order valence-electron chi connectivity index (χ2n) is 4.96. The second kappa shape index (κ2) is 7.05. The van der Waals surface area contributed by atoms with Gasteiger partial charge in [0.15, 0.2) is 5.82 Å². The Morgan fingerprint density at radius 2 is 2.12 bits per heavy atom. The molecule has 3 rings (SSSR count). The zero-order chi connectivity index (χ0) is 17.8. The lowest BCUT2D eigenvalue weighted by atomic mass is 10.2. The molecule has 25 heavy (non-hydrogen) atoms. The fraction of sp³-hybridized carbons (Fsp3) is 0.0625. The molecule has 9 heteroatoms. The van der Waals surface area contributed by atoms with E-state index in [2.05, 4.69) is 15.3 Å². The van der Waals surface area contributed by atoms with Gasteiger partial charge in [-0.1, -0.05) is 24.3 Å². The molecule has 126 valence electrons. The fourth-order valence-electron chi connectivity index (χ4n) is 2.25. The highest BCUT2D eigenvalue weighted by molar-refractivity contribution is 7.71. The van der Waals surface area contributed by atoms with Crippen molar-refractivity contribution < 1.29 is 9.66 Å². The van der Waals surface area contributed by atoms with Crippen molar-refractivity contribution in [1.29, 1.82) is 0 Å². The Balaban J connectivity index is 2.02. The monoisotopic (exact) mass is 355 g/mol. The molecule has 0 saturated heterocycles. The Hall–Kier alpha value is -3.33. The number of benzene rings is 2. The fourth-order valence-corrected chi connectivity index (χ4v) is 2.42. The minimum Gasteiger partial charge on any atom is -0.496 e. The first-order valence-electron chi connectivity index (χ1n) is 7.20. The smallest absolute Gasteiger partial charge is 0.270 e. The molecular formula is C16H13N5O3S. The summed E-state index contributed by atoms with van der Waals surface area (Å²) in [6.07, 6.45) is 1.48. The number of hydrogen-bond acceptors (Lipinski definition) is 6. The predicted octanol–water partition coefficient (Wildman–Crippen LogP) is 3.41. The normalized spacial score (nSPS) is 10.9. The molecule has 0 aliphatic rings. The van der Waals surface area contributed by atoms with E-state index in [-0.39, 0.29) is 5.69 Å². The number of nitro groups is 1. The van der Waals surface area contributed by atoms with Gasteiger partial charge in [-0.3, -0.25) is 10.1 Å². The summed E-state index contributed by atoms with van der Waals surface area (Å²) in [7, 11) is 1.57. The summed E-state index contributed by atoms with van der Waals surface area (Å²) in [6, 6.07) is 13.5. The molecule has 0 fully saturated rings. The molecule has 8 nitrogen and oxygen atoms in total. The lowest BCUT2D eigenvalue weighted by Crippen LogP contribution is -1.97. The summed E-state index contributed by atoms with van der Waals surface area (Å²) in [6.45, 7) is 0. The van der Waals surface area contributed by atoms with Crippen LogP contribution in [0.2, 0.25) is 0 Å². The van der Waals surface area contributed by atoms with Crippen LogP contribution < -0.4 is 4.74 Å². The molecule has 0 atom stereocenters. The van der Waals surface area contributed by atoms with Crippen molar-refractivity contribution in [2.75, 3.05) is 7.11 Å². The topological polar surface area (TPSA) is 98.3 Å². The molecule has 0 spiro atoms. The highest BCUT2D eigenvalue weighted by Crippen LogP contribution is 2.28. The van der Waals surface area contributed by atoms with Crippen molar-refractivity contribution in [3.8, 4) is 17.1 Å². The van der Waals surface area contributed by atoms with Crippen LogP contribution in [0.1, 0.15) is 5.56 Å². The van der Waals surface area contributed by atoms with Gasteiger partial charge in [0, 0.05) is 17.7 Å². The Morgan fingerprint density at radius 3 is 2.88 bits per heavy atom. The molecule has 1 N–H and O–H groups in total. The first-order valence-corrected chi connectivity index (χ1v) is 7.60. The van der Waals surface area contributed by atoms with E-state index in [1.54, 1.807) is 19.2 Å². The van der Waals surface area contributed by atoms with E-state index in [1.807, 2.05) is 24.3 Å². The third kappa shape index (κ3) is 3.45. The summed E-state index contributed by atoms with van der Waals surface area (Å²) < 4.78 is 7.07. The van der Waals surface area contributed by atoms with Gasteiger partial charge in [0.2, 0.25) is 4.77 Å². The first-order chi connectivity index (χ1) is 12.1. The summed E-state index contributed by atoms with van der Waals surface area (Å²) in [5.41, 5.74) is 1.28. The van der Waals surface area contributed by atoms with E-state index in [9.17, 15) is 10.1 Å². The van der Waals surface area contributed by atoms with Gasteiger partial charge in [0.05, 0.1) is 23.8 Å². The molecule has 0 bridgehead atoms. The number of nitro benzene ring substituents is 1. The molecule has 0 aliphatic carbocycles. The number of para-hydroxylation sites is 1. The molecule has 0 amide bonds. The number of nitrogens with one attached hydrogen (secondary N) is 1. The number of rotatable bonds is 5. The van der Waals surface area contributed by atoms with Gasteiger partial charge in [0.25, 0.3) is 5.69 Å². The van der Waals surface area contributed by atoms with Crippen LogP contribution in [-0.2, 0) is 0 Å². The Kier molecular flexibility index (Phi) is 4.66. The third-order valence-electron chi connectivity index (χ3n) is 3.40. The van der Waals surface area contributed by atoms with Crippen molar-refractivity contribution >= 4 is 24.1 Å². The molecule has 0 unspecified atom stereocenters. The number of aromatic amines is 1. The lowest BCUT2D eigenvalue weighted by Gasteiger charge is -2.06. The van der Waals surface area contributed by atoms with E-state index >= 15 is 0 Å². The number of hydrogen-bond donors (Lipinski definition) is 1. The average Bonchev–Trinajstić information content (AvgIpc) is 3.00. The molecule has 0 aliphatic heterocycles. The zero-order valence-electron chi connectivity index (χ0n) is 13.1. The van der Waals surface area contributed by atoms with E-state index < -0.39 is 4.92 Å². The maximum Gasteiger partial charge on any atom is 0.270 e. The lowest BCUT2D eigenvalue weighted by molar-refractivity contribution is -0.384. The van der Waals surface area contributed by atoms with Gasteiger partial charge >= 0.3 is 0 Å². The van der Waals surface area contributed by atoms with Crippen LogP contribution in [0.25, 0.3) is 11.4 Å². The van der Waals surface area contributed by atoms with Crippen molar-refractivity contribution in [3.05, 3.63) is 69.0 Å². The highest BCUT2D eigenvalue weighted by Gasteiger charge is 2.13. The highest BCUT2D eigenvalue weighted by atomic mass is 32.1. The van der Waals surface area contributed by atoms with Gasteiger partial charge < -0.3 is 4.74 Å². The molecule has 0 radical (unpaired) electrons. The SMILES string of the molecule is COc1ccccc1-c1n[nH]c(=S)n1/N=C/c1cccc([N+](=O)[O-])c1. The molecule has 3 aromatic rings. The summed E-state index contributed by atoms with van der Waals surface area (Å²) in [4.78, 5) is 10.4. The van der Waals surface area contributed by atoms with E-state index in [4.69, 9.17) is 17.0 Å². The number of nitrogens with zero attached hydrogens (tertiary/aromatic N) is 4. The Labute approximate surface area is 147 Å². The zero-order valence-corrected chi connectivity index (χ0v) is 13.9. The molecule has 1 heterocycles. The molecule has 0 saturated carbocycles. The van der Waals surface area contributed by atoms with Crippen LogP contribution in [0, 0.1) is 14.9 Å². The van der Waals surface area contributed by atoms with Crippen LogP contribution in [0.3, 0.4) is 0 Å². The minimum atomic E-state index is -0.457. The van der Waals surface area contributed by atoms with Crippen LogP contribution in [-0.4, -0.2) is 33.1 Å². The van der Waals surface area contributed by atoms with Gasteiger partial charge in [-0.2, -0.15) is 14.9 Å². The number of aromatic nitrogens is 3. The predicted molar refractivity (Wildman–Crippen MR) is 95.5 cm³/mol. The van der Waals surface area contributed by atoms with Gasteiger partial charge in [0.1, 0.15) is 5.75 Å². The first kappa shape index (κ1) is 16.5. The summed E-state index contributed by atoms with van der Waals surface area (Å²) in [5, 5.41) is 22.1. The summed E-state index contributed by atoms with van der Waals surface area (Å²) >= 11 is 5.22. The summed E-state index contributed by atoms with van der Waals surface area (Å²) in [5.74, 6) is 1.10. The van der Waals surface area contributed by atoms with Gasteiger partial charge in [-0.05, 0) is 24.4 Å². The van der Waals surface area contributed by atoms with Gasteiger partial charge in [-0.15, -0.1) is 0 Å². The van der Waals surface area contributed by atoms with E-state index in [1.165, 1.54) is 23.0 Å². The minimum absolute atomic E-state index is 0.00954. The quantitative estimate of drug-likeness (QED) is 0.327. The van der Waals surface area contributed by atoms with E-state index in [0.29, 0.717) is 27.5 Å². The Bertz CT molecular complexity index is 1010. The number of H-pyrrole nitrogens is 1. The van der Waals surface area contributed by atoms with Gasteiger partial charge in [-0.25, -0.2) is 5.10 Å². The maximum absolute atomic E-state index is 10.9. The van der Waals surface area contributed by atoms with Crippen LogP contribution in [0.15, 0.2) is 53.6 Å². The average molecular weight is 355 g/mol. The van der Waals surface area contributed by atoms with Crippen LogP contribution >= 0.6 is 12.2 Å². The van der Waals surface area contributed by atoms with Crippen LogP contribution in [0.5, 0.6) is 5.75 Å². The third-order valence-corrected chi connectivity index (χ3v) is 3.67. The molecule has 1 aromatic heterocycles. The largest absolute Gasteiger partial charge is 0.496 e. The Morgan fingerprint density at radius 1 is 1.32 bits per heavy atom. The second-order valence-corrected chi connectivity index (χ2v) is 5.35. The van der Waals surface area contributed by atoms with Crippen molar-refractivity contribution in [3.63, 3.8) is 0 Å². The van der Waals surface area contributed by atoms with E-state index in [0.717, 1.165) is 0 Å². The standard InChI is InChI=1S/C16H13N5O3S/c1-24-14-8-3-2-7-13(14)15-18-19-16(25)20(15)17-10-11-5-4-6-12(9-11)21(22)23/h2-10H,1H3,(H,19,25)/b17-10+. The van der Waals surface area contributed by atoms with Crippen molar-refractivity contribution in [2.45, 2.75) is 0 Å². The molecular weight excluding hydrogens is 342 g/mol. The number of methoxy groups -OCH3 is 1. The maximum atomic E-state index is 10.9. The van der Waals surface area contributed by atoms with Crippen LogP contribution in [0.4, 0.5) is 5.69 Å². The van der Waals surface area contributed by atoms with Crippen molar-refractivity contribution in [2.24, 2.45) is 5.10 Å². The van der Waals surface area contributed by atoms with Crippen molar-refractivity contribution in [1.82, 2.24) is 14.9 Å². The number of ether oxygens (including phenoxy) is 1. The molecule has 2 aromatic carbocycles.